The number of rotatable bonds is 4. The molecule has 1 aromatic rings. The summed E-state index contributed by atoms with van der Waals surface area (Å²) < 4.78 is 0.905. The number of para-hydroxylation sites is 1. The zero-order valence-electron chi connectivity index (χ0n) is 11.2. The number of anilines is 1. The third-order valence-corrected chi connectivity index (χ3v) is 4.46. The van der Waals surface area contributed by atoms with E-state index >= 15 is 0 Å². The van der Waals surface area contributed by atoms with Gasteiger partial charge in [0.2, 0.25) is 5.91 Å². The maximum Gasteiger partial charge on any atom is 0.327 e. The van der Waals surface area contributed by atoms with Gasteiger partial charge in [-0.1, -0.05) is 12.1 Å². The molecular formula is C14H14IN3O3. The second-order valence-electron chi connectivity index (χ2n) is 5.15. The maximum absolute atomic E-state index is 12.1. The number of amides is 4. The Morgan fingerprint density at radius 2 is 2.00 bits per heavy atom. The van der Waals surface area contributed by atoms with Crippen LogP contribution in [0.25, 0.3) is 0 Å². The number of carbonyl (C=O) groups is 3. The molecule has 1 heterocycles. The average Bonchev–Trinajstić information content (AvgIpc) is 3.24. The molecule has 21 heavy (non-hydrogen) atoms. The summed E-state index contributed by atoms with van der Waals surface area (Å²) in [6.45, 7) is -0.133. The summed E-state index contributed by atoms with van der Waals surface area (Å²) in [5, 5.41) is 2.73. The zero-order chi connectivity index (χ0) is 15.0. The van der Waals surface area contributed by atoms with Gasteiger partial charge < -0.3 is 10.2 Å². The topological polar surface area (TPSA) is 69.7 Å². The molecule has 0 unspecified atom stereocenters. The molecule has 0 bridgehead atoms. The number of carbonyl (C=O) groups excluding carboxylic acids is 3. The summed E-state index contributed by atoms with van der Waals surface area (Å²) in [6.07, 6.45) is 1.89. The van der Waals surface area contributed by atoms with Crippen molar-refractivity contribution in [2.75, 3.05) is 18.4 Å². The van der Waals surface area contributed by atoms with Crippen LogP contribution in [0.3, 0.4) is 0 Å². The SMILES string of the molecule is O=C(CN1C(=O)CN(C2CC2)C1=O)Nc1ccccc1I. The van der Waals surface area contributed by atoms with E-state index in [1.54, 1.807) is 11.0 Å². The van der Waals surface area contributed by atoms with E-state index in [4.69, 9.17) is 0 Å². The molecule has 6 nitrogen and oxygen atoms in total. The largest absolute Gasteiger partial charge is 0.327 e. The van der Waals surface area contributed by atoms with Crippen LogP contribution in [0.15, 0.2) is 24.3 Å². The van der Waals surface area contributed by atoms with Crippen molar-refractivity contribution in [1.29, 1.82) is 0 Å². The quantitative estimate of drug-likeness (QED) is 0.619. The van der Waals surface area contributed by atoms with Crippen molar-refractivity contribution in [2.45, 2.75) is 18.9 Å². The highest BCUT2D eigenvalue weighted by Crippen LogP contribution is 2.30. The van der Waals surface area contributed by atoms with Crippen molar-refractivity contribution >= 4 is 46.1 Å². The van der Waals surface area contributed by atoms with E-state index in [-0.39, 0.29) is 37.0 Å². The maximum atomic E-state index is 12.1. The number of nitrogens with zero attached hydrogens (tertiary/aromatic N) is 2. The van der Waals surface area contributed by atoms with E-state index in [1.165, 1.54) is 0 Å². The third-order valence-electron chi connectivity index (χ3n) is 3.52. The minimum atomic E-state index is -0.363. The van der Waals surface area contributed by atoms with Crippen LogP contribution in [0, 0.1) is 3.57 Å². The van der Waals surface area contributed by atoms with Gasteiger partial charge in [-0.3, -0.25) is 14.5 Å². The van der Waals surface area contributed by atoms with Gasteiger partial charge in [0, 0.05) is 9.61 Å². The lowest BCUT2D eigenvalue weighted by molar-refractivity contribution is -0.129. The molecule has 1 saturated heterocycles. The highest BCUT2D eigenvalue weighted by Gasteiger charge is 2.44. The van der Waals surface area contributed by atoms with Crippen LogP contribution in [0.2, 0.25) is 0 Å². The third kappa shape index (κ3) is 3.02. The van der Waals surface area contributed by atoms with Crippen LogP contribution in [-0.4, -0.2) is 46.8 Å². The van der Waals surface area contributed by atoms with E-state index < -0.39 is 0 Å². The van der Waals surface area contributed by atoms with Crippen molar-refractivity contribution in [2.24, 2.45) is 0 Å². The average molecular weight is 399 g/mol. The lowest BCUT2D eigenvalue weighted by Gasteiger charge is -2.16. The smallest absolute Gasteiger partial charge is 0.324 e. The predicted molar refractivity (Wildman–Crippen MR) is 84.6 cm³/mol. The fourth-order valence-electron chi connectivity index (χ4n) is 2.28. The number of halogens is 1. The molecule has 0 spiro atoms. The van der Waals surface area contributed by atoms with Gasteiger partial charge in [0.1, 0.15) is 13.1 Å². The summed E-state index contributed by atoms with van der Waals surface area (Å²) in [5.41, 5.74) is 0.682. The van der Waals surface area contributed by atoms with Crippen molar-refractivity contribution < 1.29 is 14.4 Å². The van der Waals surface area contributed by atoms with Gasteiger partial charge in [-0.15, -0.1) is 0 Å². The van der Waals surface area contributed by atoms with E-state index in [0.717, 1.165) is 21.3 Å². The Balaban J connectivity index is 1.63. The molecule has 2 fully saturated rings. The molecule has 0 atom stereocenters. The summed E-state index contributed by atoms with van der Waals surface area (Å²) >= 11 is 2.12. The van der Waals surface area contributed by atoms with E-state index in [9.17, 15) is 14.4 Å². The van der Waals surface area contributed by atoms with Gasteiger partial charge in [0.05, 0.1) is 5.69 Å². The van der Waals surface area contributed by atoms with E-state index in [2.05, 4.69) is 27.9 Å². The van der Waals surface area contributed by atoms with E-state index in [0.29, 0.717) is 5.69 Å². The molecule has 110 valence electrons. The van der Waals surface area contributed by atoms with Crippen LogP contribution < -0.4 is 5.32 Å². The van der Waals surface area contributed by atoms with Crippen molar-refractivity contribution in [1.82, 2.24) is 9.80 Å². The Bertz CT molecular complexity index is 615. The molecule has 1 aliphatic heterocycles. The molecular weight excluding hydrogens is 385 g/mol. The Kier molecular flexibility index (Phi) is 3.83. The molecule has 3 rings (SSSR count). The van der Waals surface area contributed by atoms with Crippen LogP contribution in [0.5, 0.6) is 0 Å². The Morgan fingerprint density at radius 1 is 1.29 bits per heavy atom. The second-order valence-corrected chi connectivity index (χ2v) is 6.31. The summed E-state index contributed by atoms with van der Waals surface area (Å²) in [7, 11) is 0. The molecule has 1 aromatic carbocycles. The molecule has 4 amide bonds. The van der Waals surface area contributed by atoms with Gasteiger partial charge in [0.25, 0.3) is 5.91 Å². The predicted octanol–water partition coefficient (Wildman–Crippen LogP) is 1.66. The van der Waals surface area contributed by atoms with Crippen LogP contribution in [-0.2, 0) is 9.59 Å². The lowest BCUT2D eigenvalue weighted by Crippen LogP contribution is -2.39. The number of hydrogen-bond acceptors (Lipinski definition) is 3. The Morgan fingerprint density at radius 3 is 2.67 bits per heavy atom. The van der Waals surface area contributed by atoms with Crippen LogP contribution in [0.1, 0.15) is 12.8 Å². The first-order chi connectivity index (χ1) is 10.1. The minimum Gasteiger partial charge on any atom is -0.324 e. The zero-order valence-corrected chi connectivity index (χ0v) is 13.4. The molecule has 7 heteroatoms. The van der Waals surface area contributed by atoms with Gasteiger partial charge in [-0.25, -0.2) is 4.79 Å². The number of nitrogens with one attached hydrogen (secondary N) is 1. The fraction of sp³-hybridized carbons (Fsp3) is 0.357. The monoisotopic (exact) mass is 399 g/mol. The number of imide groups is 1. The molecule has 1 N–H and O–H groups in total. The van der Waals surface area contributed by atoms with Gasteiger partial charge in [-0.2, -0.15) is 0 Å². The van der Waals surface area contributed by atoms with Crippen molar-refractivity contribution in [3.8, 4) is 0 Å². The normalized spacial score (nSPS) is 18.3. The second kappa shape index (κ2) is 5.63. The first-order valence-electron chi connectivity index (χ1n) is 6.71. The number of benzene rings is 1. The number of hydrogen-bond donors (Lipinski definition) is 1. The summed E-state index contributed by atoms with van der Waals surface area (Å²) in [6, 6.07) is 7.18. The molecule has 0 aromatic heterocycles. The molecule has 1 saturated carbocycles. The van der Waals surface area contributed by atoms with Crippen molar-refractivity contribution in [3.63, 3.8) is 0 Å². The molecule has 1 aliphatic carbocycles. The standard InChI is InChI=1S/C14H14IN3O3/c15-10-3-1-2-4-11(10)16-12(19)7-18-13(20)8-17(14(18)21)9-5-6-9/h1-4,9H,5-8H2,(H,16,19). The van der Waals surface area contributed by atoms with E-state index in [1.807, 2.05) is 18.2 Å². The first-order valence-corrected chi connectivity index (χ1v) is 7.79. The summed E-state index contributed by atoms with van der Waals surface area (Å²) in [4.78, 5) is 38.6. The van der Waals surface area contributed by atoms with Crippen LogP contribution >= 0.6 is 22.6 Å². The summed E-state index contributed by atoms with van der Waals surface area (Å²) in [5.74, 6) is -0.664. The Hall–Kier alpha value is -1.64. The highest BCUT2D eigenvalue weighted by atomic mass is 127. The van der Waals surface area contributed by atoms with Crippen molar-refractivity contribution in [3.05, 3.63) is 27.8 Å². The van der Waals surface area contributed by atoms with Gasteiger partial charge in [-0.05, 0) is 47.6 Å². The highest BCUT2D eigenvalue weighted by molar-refractivity contribution is 14.1. The minimum absolute atomic E-state index is 0.0969. The van der Waals surface area contributed by atoms with Gasteiger partial charge >= 0.3 is 6.03 Å². The number of urea groups is 1. The molecule has 2 aliphatic rings. The van der Waals surface area contributed by atoms with Gasteiger partial charge in [0.15, 0.2) is 0 Å². The Labute approximate surface area is 135 Å². The fourth-order valence-corrected chi connectivity index (χ4v) is 2.81. The van der Waals surface area contributed by atoms with Crippen LogP contribution in [0.4, 0.5) is 10.5 Å². The molecule has 0 radical (unpaired) electrons. The first kappa shape index (κ1) is 14.3. The lowest BCUT2D eigenvalue weighted by atomic mass is 10.3.